The van der Waals surface area contributed by atoms with Crippen molar-refractivity contribution in [2.24, 2.45) is 0 Å². The van der Waals surface area contributed by atoms with Crippen LogP contribution in [0.25, 0.3) is 0 Å². The Bertz CT molecular complexity index is 596. The van der Waals surface area contributed by atoms with Crippen LogP contribution in [0.2, 0.25) is 0 Å². The fraction of sp³-hybridized carbons (Fsp3) is 0.375. The van der Waals surface area contributed by atoms with Gasteiger partial charge in [-0.05, 0) is 44.2 Å². The second-order valence-electron chi connectivity index (χ2n) is 4.81. The summed E-state index contributed by atoms with van der Waals surface area (Å²) >= 11 is 0. The van der Waals surface area contributed by atoms with Gasteiger partial charge in [0.2, 0.25) is 0 Å². The summed E-state index contributed by atoms with van der Waals surface area (Å²) in [5.74, 6) is 1.80. The minimum atomic E-state index is -2.82. The molecule has 0 saturated carbocycles. The van der Waals surface area contributed by atoms with Gasteiger partial charge in [0, 0.05) is 5.56 Å². The van der Waals surface area contributed by atoms with Gasteiger partial charge in [0.05, 0.1) is 6.04 Å². The molecule has 0 fully saturated rings. The van der Waals surface area contributed by atoms with Crippen molar-refractivity contribution >= 4 is 0 Å². The molecule has 3 nitrogen and oxygen atoms in total. The second kappa shape index (κ2) is 6.72. The van der Waals surface area contributed by atoms with Gasteiger partial charge in [-0.25, -0.2) is 0 Å². The van der Waals surface area contributed by atoms with E-state index in [1.54, 1.807) is 12.1 Å². The maximum absolute atomic E-state index is 12.3. The average Bonchev–Trinajstić information content (AvgIpc) is 2.74. The van der Waals surface area contributed by atoms with Crippen LogP contribution in [-0.4, -0.2) is 13.2 Å². The highest BCUT2D eigenvalue weighted by Crippen LogP contribution is 2.29. The Balaban J connectivity index is 2.36. The number of hydrogen-bond acceptors (Lipinski definition) is 3. The van der Waals surface area contributed by atoms with Crippen molar-refractivity contribution < 1.29 is 17.9 Å². The minimum absolute atomic E-state index is 0.117. The molecule has 2 rings (SSSR count). The maximum Gasteiger partial charge on any atom is 0.387 e. The SMILES string of the molecule is CCNC(c1cccc(OC(F)F)c1)c1cc(C)oc1C. The van der Waals surface area contributed by atoms with E-state index in [9.17, 15) is 8.78 Å². The summed E-state index contributed by atoms with van der Waals surface area (Å²) in [4.78, 5) is 0. The summed E-state index contributed by atoms with van der Waals surface area (Å²) in [6.45, 7) is 3.70. The number of aryl methyl sites for hydroxylation is 2. The van der Waals surface area contributed by atoms with Crippen LogP contribution < -0.4 is 10.1 Å². The number of furan rings is 1. The van der Waals surface area contributed by atoms with Gasteiger partial charge in [-0.2, -0.15) is 8.78 Å². The Morgan fingerprint density at radius 3 is 2.57 bits per heavy atom. The van der Waals surface area contributed by atoms with E-state index < -0.39 is 6.61 Å². The maximum atomic E-state index is 12.3. The molecule has 1 atom stereocenters. The lowest BCUT2D eigenvalue weighted by molar-refractivity contribution is -0.0498. The number of rotatable bonds is 6. The average molecular weight is 295 g/mol. The molecule has 1 heterocycles. The first kappa shape index (κ1) is 15.5. The van der Waals surface area contributed by atoms with Gasteiger partial charge >= 0.3 is 6.61 Å². The summed E-state index contributed by atoms with van der Waals surface area (Å²) in [7, 11) is 0. The predicted octanol–water partition coefficient (Wildman–Crippen LogP) is 4.20. The van der Waals surface area contributed by atoms with E-state index >= 15 is 0 Å². The number of benzene rings is 1. The normalized spacial score (nSPS) is 12.7. The summed E-state index contributed by atoms with van der Waals surface area (Å²) < 4.78 is 34.7. The summed E-state index contributed by atoms with van der Waals surface area (Å²) in [6, 6.07) is 8.58. The molecule has 2 aromatic rings. The Labute approximate surface area is 122 Å². The molecule has 1 unspecified atom stereocenters. The van der Waals surface area contributed by atoms with Gasteiger partial charge in [0.15, 0.2) is 0 Å². The zero-order valence-corrected chi connectivity index (χ0v) is 12.3. The van der Waals surface area contributed by atoms with E-state index in [0.717, 1.165) is 29.2 Å². The van der Waals surface area contributed by atoms with Crippen LogP contribution in [0, 0.1) is 13.8 Å². The highest BCUT2D eigenvalue weighted by molar-refractivity contribution is 5.38. The lowest BCUT2D eigenvalue weighted by Crippen LogP contribution is -2.22. The van der Waals surface area contributed by atoms with Gasteiger partial charge in [0.25, 0.3) is 0 Å². The van der Waals surface area contributed by atoms with Gasteiger partial charge in [0.1, 0.15) is 17.3 Å². The van der Waals surface area contributed by atoms with Crippen molar-refractivity contribution in [2.75, 3.05) is 6.54 Å². The molecule has 1 N–H and O–H groups in total. The predicted molar refractivity (Wildman–Crippen MR) is 76.8 cm³/mol. The lowest BCUT2D eigenvalue weighted by Gasteiger charge is -2.18. The molecule has 21 heavy (non-hydrogen) atoms. The van der Waals surface area contributed by atoms with E-state index in [0.29, 0.717) is 0 Å². The van der Waals surface area contributed by atoms with Gasteiger partial charge in [-0.3, -0.25) is 0 Å². The van der Waals surface area contributed by atoms with Gasteiger partial charge in [-0.15, -0.1) is 0 Å². The van der Waals surface area contributed by atoms with Crippen molar-refractivity contribution in [1.82, 2.24) is 5.32 Å². The van der Waals surface area contributed by atoms with Crippen LogP contribution in [0.3, 0.4) is 0 Å². The molecular weight excluding hydrogens is 276 g/mol. The van der Waals surface area contributed by atoms with Gasteiger partial charge in [-0.1, -0.05) is 19.1 Å². The first-order chi connectivity index (χ1) is 10.0. The van der Waals surface area contributed by atoms with E-state index in [1.807, 2.05) is 32.9 Å². The van der Waals surface area contributed by atoms with Crippen LogP contribution in [0.15, 0.2) is 34.7 Å². The molecule has 114 valence electrons. The van der Waals surface area contributed by atoms with Crippen LogP contribution >= 0.6 is 0 Å². The van der Waals surface area contributed by atoms with Crippen LogP contribution in [0.5, 0.6) is 5.75 Å². The molecule has 0 amide bonds. The number of nitrogens with one attached hydrogen (secondary N) is 1. The minimum Gasteiger partial charge on any atom is -0.466 e. The molecule has 1 aromatic heterocycles. The third-order valence-electron chi connectivity index (χ3n) is 3.22. The molecule has 5 heteroatoms. The molecule has 0 saturated heterocycles. The number of halogens is 2. The van der Waals surface area contributed by atoms with Crippen molar-refractivity contribution in [2.45, 2.75) is 33.4 Å². The quantitative estimate of drug-likeness (QED) is 0.867. The summed E-state index contributed by atoms with van der Waals surface area (Å²) in [6.07, 6.45) is 0. The standard InChI is InChI=1S/C16H19F2NO2/c1-4-19-15(14-8-10(2)20-11(14)3)12-6-5-7-13(9-12)21-16(17)18/h5-9,15-16,19H,4H2,1-3H3. The molecule has 0 spiro atoms. The van der Waals surface area contributed by atoms with Gasteiger partial charge < -0.3 is 14.5 Å². The van der Waals surface area contributed by atoms with Crippen LogP contribution in [-0.2, 0) is 0 Å². The fourth-order valence-electron chi connectivity index (χ4n) is 2.42. The zero-order chi connectivity index (χ0) is 15.4. The summed E-state index contributed by atoms with van der Waals surface area (Å²) in [5, 5.41) is 3.35. The third-order valence-corrected chi connectivity index (χ3v) is 3.22. The second-order valence-corrected chi connectivity index (χ2v) is 4.81. The Kier molecular flexibility index (Phi) is 4.96. The highest BCUT2D eigenvalue weighted by atomic mass is 19.3. The molecule has 0 aliphatic rings. The topological polar surface area (TPSA) is 34.4 Å². The van der Waals surface area contributed by atoms with E-state index in [1.165, 1.54) is 6.07 Å². The lowest BCUT2D eigenvalue weighted by atomic mass is 9.98. The summed E-state index contributed by atoms with van der Waals surface area (Å²) in [5.41, 5.74) is 1.86. The largest absolute Gasteiger partial charge is 0.466 e. The molecule has 0 aliphatic carbocycles. The van der Waals surface area contributed by atoms with Crippen molar-refractivity contribution in [3.8, 4) is 5.75 Å². The Morgan fingerprint density at radius 1 is 1.24 bits per heavy atom. The number of alkyl halides is 2. The fourth-order valence-corrected chi connectivity index (χ4v) is 2.42. The van der Waals surface area contributed by atoms with E-state index in [2.05, 4.69) is 10.1 Å². The van der Waals surface area contributed by atoms with Crippen molar-refractivity contribution in [3.63, 3.8) is 0 Å². The Morgan fingerprint density at radius 2 is 2.00 bits per heavy atom. The highest BCUT2D eigenvalue weighted by Gasteiger charge is 2.19. The molecule has 0 aliphatic heterocycles. The van der Waals surface area contributed by atoms with Crippen molar-refractivity contribution in [3.05, 3.63) is 53.0 Å². The molecular formula is C16H19F2NO2. The smallest absolute Gasteiger partial charge is 0.387 e. The van der Waals surface area contributed by atoms with E-state index in [4.69, 9.17) is 4.42 Å². The third kappa shape index (κ3) is 3.82. The first-order valence-electron chi connectivity index (χ1n) is 6.86. The molecule has 0 radical (unpaired) electrons. The number of hydrogen-bond donors (Lipinski definition) is 1. The Hall–Kier alpha value is -1.88. The number of ether oxygens (including phenoxy) is 1. The molecule has 0 bridgehead atoms. The van der Waals surface area contributed by atoms with E-state index in [-0.39, 0.29) is 11.8 Å². The monoisotopic (exact) mass is 295 g/mol. The molecule has 1 aromatic carbocycles. The first-order valence-corrected chi connectivity index (χ1v) is 6.86. The van der Waals surface area contributed by atoms with Crippen LogP contribution in [0.4, 0.5) is 8.78 Å². The van der Waals surface area contributed by atoms with Crippen molar-refractivity contribution in [1.29, 1.82) is 0 Å². The van der Waals surface area contributed by atoms with Crippen LogP contribution in [0.1, 0.15) is 35.6 Å². The zero-order valence-electron chi connectivity index (χ0n) is 12.3.